The zero-order valence-corrected chi connectivity index (χ0v) is 24.3. The standard InChI is InChI=1S/C32H46O6/c1-17-12-32(25-28(6,38-25)16-35-32)37-19-13-27(5)21-9-8-20-26(3,4)22(34)10-11-30(20)15-31(21,30)14-23(36-18(2)33)29(27,7)24(17)19/h9,17,19-20,22-25,34H,8,10-16H2,1-7H3. The van der Waals surface area contributed by atoms with Crippen molar-refractivity contribution in [3.8, 4) is 0 Å². The molecule has 6 heteroatoms. The third-order valence-corrected chi connectivity index (χ3v) is 14.3. The highest BCUT2D eigenvalue weighted by Gasteiger charge is 2.84. The topological polar surface area (TPSA) is 77.5 Å². The average Bonchev–Trinajstić information content (AvgIpc) is 3.64. The van der Waals surface area contributed by atoms with Crippen LogP contribution in [0.3, 0.4) is 0 Å². The van der Waals surface area contributed by atoms with E-state index in [0.29, 0.717) is 18.4 Å². The highest BCUT2D eigenvalue weighted by atomic mass is 16.8. The van der Waals surface area contributed by atoms with Gasteiger partial charge in [0.05, 0.1) is 18.8 Å². The number of ether oxygens (including phenoxy) is 4. The quantitative estimate of drug-likeness (QED) is 0.289. The van der Waals surface area contributed by atoms with E-state index in [-0.39, 0.29) is 69.0 Å². The van der Waals surface area contributed by atoms with Crippen LogP contribution < -0.4 is 0 Å². The van der Waals surface area contributed by atoms with Gasteiger partial charge in [0.2, 0.25) is 0 Å². The van der Waals surface area contributed by atoms with Crippen LogP contribution in [0.5, 0.6) is 0 Å². The first-order valence-electron chi connectivity index (χ1n) is 15.3. The second-order valence-corrected chi connectivity index (χ2v) is 16.1. The summed E-state index contributed by atoms with van der Waals surface area (Å²) in [6.45, 7) is 16.1. The monoisotopic (exact) mass is 526 g/mol. The van der Waals surface area contributed by atoms with Gasteiger partial charge >= 0.3 is 5.97 Å². The molecule has 0 amide bonds. The lowest BCUT2D eigenvalue weighted by molar-refractivity contribution is -0.307. The first-order valence-corrected chi connectivity index (χ1v) is 15.3. The van der Waals surface area contributed by atoms with Gasteiger partial charge in [-0.15, -0.1) is 0 Å². The Morgan fingerprint density at radius 3 is 2.53 bits per heavy atom. The molecule has 1 N–H and O–H groups in total. The lowest BCUT2D eigenvalue weighted by atomic mass is 9.44. The van der Waals surface area contributed by atoms with Crippen molar-refractivity contribution in [2.75, 3.05) is 6.61 Å². The number of carbonyl (C=O) groups is 1. The Bertz CT molecular complexity index is 1160. The van der Waals surface area contributed by atoms with Crippen molar-refractivity contribution in [1.29, 1.82) is 0 Å². The first kappa shape index (κ1) is 24.8. The van der Waals surface area contributed by atoms with Crippen LogP contribution in [0.4, 0.5) is 0 Å². The molecular weight excluding hydrogens is 480 g/mol. The molecule has 6 nitrogen and oxygen atoms in total. The van der Waals surface area contributed by atoms with Crippen molar-refractivity contribution >= 4 is 5.97 Å². The van der Waals surface area contributed by atoms with E-state index in [1.54, 1.807) is 12.5 Å². The predicted molar refractivity (Wildman–Crippen MR) is 140 cm³/mol. The zero-order valence-electron chi connectivity index (χ0n) is 24.3. The lowest BCUT2D eigenvalue weighted by Gasteiger charge is -2.62. The highest BCUT2D eigenvalue weighted by molar-refractivity contribution is 5.66. The third-order valence-electron chi connectivity index (χ3n) is 14.3. The van der Waals surface area contributed by atoms with Gasteiger partial charge < -0.3 is 24.1 Å². The van der Waals surface area contributed by atoms with Crippen LogP contribution in [0.25, 0.3) is 0 Å². The molecule has 3 spiro atoms. The molecule has 13 unspecified atom stereocenters. The van der Waals surface area contributed by atoms with Crippen LogP contribution >= 0.6 is 0 Å². The second-order valence-electron chi connectivity index (χ2n) is 16.1. The third kappa shape index (κ3) is 2.48. The van der Waals surface area contributed by atoms with Gasteiger partial charge in [-0.05, 0) is 74.0 Å². The first-order chi connectivity index (χ1) is 17.7. The van der Waals surface area contributed by atoms with E-state index in [1.165, 1.54) is 6.42 Å². The molecule has 8 aliphatic rings. The second kappa shape index (κ2) is 6.74. The van der Waals surface area contributed by atoms with Crippen molar-refractivity contribution in [3.63, 3.8) is 0 Å². The molecule has 3 heterocycles. The summed E-state index contributed by atoms with van der Waals surface area (Å²) in [5, 5.41) is 11.0. The fourth-order valence-corrected chi connectivity index (χ4v) is 12.4. The summed E-state index contributed by atoms with van der Waals surface area (Å²) in [6.07, 6.45) is 9.10. The molecule has 8 rings (SSSR count). The van der Waals surface area contributed by atoms with Crippen LogP contribution in [0.2, 0.25) is 0 Å². The molecule has 4 saturated carbocycles. The Labute approximate surface area is 227 Å². The Hall–Kier alpha value is -0.950. The van der Waals surface area contributed by atoms with Gasteiger partial charge in [-0.25, -0.2) is 0 Å². The zero-order chi connectivity index (χ0) is 26.9. The minimum atomic E-state index is -0.638. The van der Waals surface area contributed by atoms with E-state index >= 15 is 0 Å². The molecule has 210 valence electrons. The summed E-state index contributed by atoms with van der Waals surface area (Å²) in [5.41, 5.74) is 1.26. The van der Waals surface area contributed by atoms with Gasteiger partial charge in [-0.2, -0.15) is 0 Å². The van der Waals surface area contributed by atoms with Crippen molar-refractivity contribution in [2.45, 2.75) is 129 Å². The van der Waals surface area contributed by atoms with E-state index < -0.39 is 5.79 Å². The Morgan fingerprint density at radius 2 is 1.87 bits per heavy atom. The molecule has 3 saturated heterocycles. The highest BCUT2D eigenvalue weighted by Crippen LogP contribution is 2.88. The Morgan fingerprint density at radius 1 is 1.11 bits per heavy atom. The molecule has 0 aromatic rings. The molecule has 13 atom stereocenters. The Balaban J connectivity index is 1.24. The number of esters is 1. The minimum absolute atomic E-state index is 0.0227. The van der Waals surface area contributed by atoms with E-state index in [0.717, 1.165) is 38.5 Å². The van der Waals surface area contributed by atoms with E-state index in [2.05, 4.69) is 47.6 Å². The minimum Gasteiger partial charge on any atom is -0.462 e. The van der Waals surface area contributed by atoms with Crippen molar-refractivity contribution in [2.24, 2.45) is 44.8 Å². The van der Waals surface area contributed by atoms with Crippen LogP contribution in [0.1, 0.15) is 93.4 Å². The lowest BCUT2D eigenvalue weighted by Crippen LogP contribution is -2.61. The number of carbonyl (C=O) groups excluding carboxylic acids is 1. The smallest absolute Gasteiger partial charge is 0.302 e. The van der Waals surface area contributed by atoms with Gasteiger partial charge in [0.25, 0.3) is 0 Å². The van der Waals surface area contributed by atoms with E-state index in [1.807, 2.05) is 0 Å². The summed E-state index contributed by atoms with van der Waals surface area (Å²) in [6, 6.07) is 0. The van der Waals surface area contributed by atoms with Crippen LogP contribution in [-0.4, -0.2) is 53.5 Å². The van der Waals surface area contributed by atoms with Crippen molar-refractivity contribution in [1.82, 2.24) is 0 Å². The van der Waals surface area contributed by atoms with Gasteiger partial charge in [0, 0.05) is 29.6 Å². The number of aliphatic hydroxyl groups is 1. The number of fused-ring (bicyclic) bond motifs is 6. The molecule has 0 aromatic carbocycles. The van der Waals surface area contributed by atoms with Gasteiger partial charge in [-0.3, -0.25) is 4.79 Å². The molecule has 3 aliphatic heterocycles. The summed E-state index contributed by atoms with van der Waals surface area (Å²) in [7, 11) is 0. The Kier molecular flexibility index (Phi) is 4.40. The molecular formula is C32H46O6. The molecule has 0 aromatic heterocycles. The summed E-state index contributed by atoms with van der Waals surface area (Å²) in [4.78, 5) is 12.6. The van der Waals surface area contributed by atoms with Crippen LogP contribution in [0, 0.1) is 44.8 Å². The maximum Gasteiger partial charge on any atom is 0.302 e. The fourth-order valence-electron chi connectivity index (χ4n) is 12.4. The van der Waals surface area contributed by atoms with Gasteiger partial charge in [0.1, 0.15) is 17.8 Å². The number of epoxide rings is 1. The number of aliphatic hydroxyl groups excluding tert-OH is 1. The summed E-state index contributed by atoms with van der Waals surface area (Å²) >= 11 is 0. The predicted octanol–water partition coefficient (Wildman–Crippen LogP) is 5.17. The van der Waals surface area contributed by atoms with Crippen molar-refractivity contribution < 1.29 is 28.8 Å². The molecule has 0 radical (unpaired) electrons. The number of rotatable bonds is 1. The SMILES string of the molecule is CC(=O)OC1CC23CC24CCC(O)C(C)(C)C4CC=C3C2(C)CC3OC4(CC(C)C3C12C)OCC1(C)OC14. The molecule has 38 heavy (non-hydrogen) atoms. The number of hydrogen-bond donors (Lipinski definition) is 1. The van der Waals surface area contributed by atoms with E-state index in [4.69, 9.17) is 18.9 Å². The van der Waals surface area contributed by atoms with Crippen LogP contribution in [0.15, 0.2) is 11.6 Å². The number of hydrogen-bond acceptors (Lipinski definition) is 6. The molecule has 0 bridgehead atoms. The van der Waals surface area contributed by atoms with Gasteiger partial charge in [0.15, 0.2) is 5.79 Å². The molecule has 5 aliphatic carbocycles. The average molecular weight is 527 g/mol. The molecule has 7 fully saturated rings. The van der Waals surface area contributed by atoms with Crippen LogP contribution in [-0.2, 0) is 23.7 Å². The van der Waals surface area contributed by atoms with Gasteiger partial charge in [-0.1, -0.05) is 46.3 Å². The fraction of sp³-hybridized carbons (Fsp3) is 0.906. The largest absolute Gasteiger partial charge is 0.462 e. The normalized spacial score (nSPS) is 62.4. The summed E-state index contributed by atoms with van der Waals surface area (Å²) < 4.78 is 26.0. The maximum atomic E-state index is 12.6. The van der Waals surface area contributed by atoms with E-state index in [9.17, 15) is 9.90 Å². The number of allylic oxidation sites excluding steroid dienone is 2. The summed E-state index contributed by atoms with van der Waals surface area (Å²) in [5.74, 6) is 0.308. The van der Waals surface area contributed by atoms with Crippen molar-refractivity contribution in [3.05, 3.63) is 11.6 Å². The maximum absolute atomic E-state index is 12.6.